The molecule has 0 saturated heterocycles. The summed E-state index contributed by atoms with van der Waals surface area (Å²) in [5.41, 5.74) is 2.93. The van der Waals surface area contributed by atoms with Gasteiger partial charge < -0.3 is 4.90 Å². The van der Waals surface area contributed by atoms with Crippen molar-refractivity contribution in [2.24, 2.45) is 0 Å². The highest BCUT2D eigenvalue weighted by molar-refractivity contribution is 5.92. The van der Waals surface area contributed by atoms with E-state index in [-0.39, 0.29) is 5.91 Å². The Morgan fingerprint density at radius 2 is 1.44 bits per heavy atom. The van der Waals surface area contributed by atoms with Crippen molar-refractivity contribution in [2.75, 3.05) is 6.54 Å². The van der Waals surface area contributed by atoms with Crippen LogP contribution >= 0.6 is 0 Å². The Kier molecular flexibility index (Phi) is 5.94. The van der Waals surface area contributed by atoms with Crippen molar-refractivity contribution < 1.29 is 4.79 Å². The fourth-order valence-electron chi connectivity index (χ4n) is 2.83. The van der Waals surface area contributed by atoms with Crippen molar-refractivity contribution in [1.29, 1.82) is 0 Å². The molecule has 3 heteroatoms. The highest BCUT2D eigenvalue weighted by atomic mass is 16.2. The van der Waals surface area contributed by atoms with Gasteiger partial charge in [-0.2, -0.15) is 0 Å². The zero-order valence-electron chi connectivity index (χ0n) is 14.2. The zero-order chi connectivity index (χ0) is 17.3. The third-order valence-corrected chi connectivity index (χ3v) is 4.12. The summed E-state index contributed by atoms with van der Waals surface area (Å²) in [6, 6.07) is 25.9. The normalized spacial score (nSPS) is 10.4. The molecule has 3 rings (SSSR count). The fraction of sp³-hybridized carbons (Fsp3) is 0.182. The standard InChI is InChI=1S/C22H22N2O/c25-22(21-15-7-8-16-23-21)24(18-20-12-5-2-6-13-20)17-9-14-19-10-3-1-4-11-19/h1-8,10-13,15-16H,9,14,17-18H2. The highest BCUT2D eigenvalue weighted by Gasteiger charge is 2.16. The number of nitrogens with zero attached hydrogens (tertiary/aromatic N) is 2. The lowest BCUT2D eigenvalue weighted by Crippen LogP contribution is -2.32. The molecule has 0 aliphatic heterocycles. The van der Waals surface area contributed by atoms with Crippen LogP contribution in [0.5, 0.6) is 0 Å². The maximum atomic E-state index is 12.9. The first-order valence-corrected chi connectivity index (χ1v) is 8.61. The second-order valence-corrected chi connectivity index (χ2v) is 6.02. The SMILES string of the molecule is O=C(c1ccccn1)N(CCCc1ccccc1)Cc1ccccc1. The number of benzene rings is 2. The summed E-state index contributed by atoms with van der Waals surface area (Å²) in [5.74, 6) is -0.0162. The second kappa shape index (κ2) is 8.78. The van der Waals surface area contributed by atoms with E-state index >= 15 is 0 Å². The lowest BCUT2D eigenvalue weighted by molar-refractivity contribution is 0.0735. The number of amides is 1. The molecular weight excluding hydrogens is 308 g/mol. The third-order valence-electron chi connectivity index (χ3n) is 4.12. The molecule has 0 unspecified atom stereocenters. The molecule has 0 bridgehead atoms. The monoisotopic (exact) mass is 330 g/mol. The molecule has 1 amide bonds. The van der Waals surface area contributed by atoms with E-state index in [1.54, 1.807) is 12.3 Å². The zero-order valence-corrected chi connectivity index (χ0v) is 14.2. The minimum Gasteiger partial charge on any atom is -0.333 e. The highest BCUT2D eigenvalue weighted by Crippen LogP contribution is 2.11. The Hall–Kier alpha value is -2.94. The summed E-state index contributed by atoms with van der Waals surface area (Å²) in [7, 11) is 0. The number of pyridine rings is 1. The molecule has 0 aliphatic rings. The van der Waals surface area contributed by atoms with E-state index in [2.05, 4.69) is 41.4 Å². The van der Waals surface area contributed by atoms with E-state index in [0.29, 0.717) is 18.8 Å². The van der Waals surface area contributed by atoms with Gasteiger partial charge in [0.15, 0.2) is 0 Å². The average Bonchev–Trinajstić information content (AvgIpc) is 2.69. The summed E-state index contributed by atoms with van der Waals surface area (Å²) in [6.45, 7) is 1.31. The van der Waals surface area contributed by atoms with Gasteiger partial charge in [-0.3, -0.25) is 9.78 Å². The van der Waals surface area contributed by atoms with Gasteiger partial charge in [0.25, 0.3) is 5.91 Å². The molecule has 1 aromatic heterocycles. The first-order chi connectivity index (χ1) is 12.3. The van der Waals surface area contributed by atoms with Gasteiger partial charge in [0.1, 0.15) is 5.69 Å². The van der Waals surface area contributed by atoms with E-state index in [9.17, 15) is 4.79 Å². The van der Waals surface area contributed by atoms with E-state index in [1.165, 1.54) is 5.56 Å². The van der Waals surface area contributed by atoms with E-state index in [1.807, 2.05) is 41.3 Å². The van der Waals surface area contributed by atoms with Crippen molar-refractivity contribution in [3.05, 3.63) is 102 Å². The summed E-state index contributed by atoms with van der Waals surface area (Å²) in [4.78, 5) is 19.0. The third kappa shape index (κ3) is 5.01. The number of rotatable bonds is 7. The van der Waals surface area contributed by atoms with Gasteiger partial charge in [-0.25, -0.2) is 0 Å². The van der Waals surface area contributed by atoms with Crippen molar-refractivity contribution in [2.45, 2.75) is 19.4 Å². The van der Waals surface area contributed by atoms with Gasteiger partial charge in [0.05, 0.1) is 0 Å². The molecule has 0 fully saturated rings. The van der Waals surface area contributed by atoms with Crippen molar-refractivity contribution in [1.82, 2.24) is 9.88 Å². The Balaban J connectivity index is 1.68. The first-order valence-electron chi connectivity index (χ1n) is 8.61. The molecule has 0 spiro atoms. The number of aryl methyl sites for hydroxylation is 1. The predicted molar refractivity (Wildman–Crippen MR) is 100 cm³/mol. The Morgan fingerprint density at radius 3 is 2.08 bits per heavy atom. The number of aromatic nitrogens is 1. The molecule has 2 aromatic carbocycles. The number of carbonyl (C=O) groups is 1. The van der Waals surface area contributed by atoms with Gasteiger partial charge in [-0.1, -0.05) is 66.7 Å². The van der Waals surface area contributed by atoms with E-state index in [0.717, 1.165) is 18.4 Å². The number of hydrogen-bond donors (Lipinski definition) is 0. The topological polar surface area (TPSA) is 33.2 Å². The predicted octanol–water partition coefficient (Wildman–Crippen LogP) is 4.36. The Morgan fingerprint density at radius 1 is 0.800 bits per heavy atom. The average molecular weight is 330 g/mol. The lowest BCUT2D eigenvalue weighted by Gasteiger charge is -2.22. The molecule has 0 saturated carbocycles. The molecule has 126 valence electrons. The lowest BCUT2D eigenvalue weighted by atomic mass is 10.1. The smallest absolute Gasteiger partial charge is 0.272 e. The van der Waals surface area contributed by atoms with Crippen LogP contribution in [0.1, 0.15) is 28.0 Å². The van der Waals surface area contributed by atoms with Gasteiger partial charge >= 0.3 is 0 Å². The molecule has 3 nitrogen and oxygen atoms in total. The van der Waals surface area contributed by atoms with Crippen molar-refractivity contribution in [3.8, 4) is 0 Å². The van der Waals surface area contributed by atoms with E-state index < -0.39 is 0 Å². The van der Waals surface area contributed by atoms with Crippen LogP contribution in [-0.2, 0) is 13.0 Å². The Labute approximate surface area is 149 Å². The molecule has 1 heterocycles. The molecule has 0 atom stereocenters. The van der Waals surface area contributed by atoms with Crippen LogP contribution in [0.15, 0.2) is 85.1 Å². The first kappa shape index (κ1) is 16.9. The van der Waals surface area contributed by atoms with Crippen LogP contribution in [0.2, 0.25) is 0 Å². The molecule has 3 aromatic rings. The molecule has 0 N–H and O–H groups in total. The molecule has 25 heavy (non-hydrogen) atoms. The van der Waals surface area contributed by atoms with Gasteiger partial charge in [0.2, 0.25) is 0 Å². The molecular formula is C22H22N2O. The fourth-order valence-corrected chi connectivity index (χ4v) is 2.83. The van der Waals surface area contributed by atoms with Crippen LogP contribution < -0.4 is 0 Å². The van der Waals surface area contributed by atoms with Gasteiger partial charge in [-0.05, 0) is 36.1 Å². The maximum absolute atomic E-state index is 12.9. The number of carbonyl (C=O) groups excluding carboxylic acids is 1. The molecule has 0 aliphatic carbocycles. The minimum absolute atomic E-state index is 0.0162. The maximum Gasteiger partial charge on any atom is 0.272 e. The quantitative estimate of drug-likeness (QED) is 0.645. The summed E-state index contributed by atoms with van der Waals surface area (Å²) in [5, 5.41) is 0. The van der Waals surface area contributed by atoms with Crippen LogP contribution in [0.3, 0.4) is 0 Å². The van der Waals surface area contributed by atoms with Crippen LogP contribution in [0, 0.1) is 0 Å². The summed E-state index contributed by atoms with van der Waals surface area (Å²) >= 11 is 0. The van der Waals surface area contributed by atoms with Crippen molar-refractivity contribution >= 4 is 5.91 Å². The van der Waals surface area contributed by atoms with Crippen molar-refractivity contribution in [3.63, 3.8) is 0 Å². The number of hydrogen-bond acceptors (Lipinski definition) is 2. The van der Waals surface area contributed by atoms with Gasteiger partial charge in [-0.15, -0.1) is 0 Å². The summed E-state index contributed by atoms with van der Waals surface area (Å²) < 4.78 is 0. The van der Waals surface area contributed by atoms with E-state index in [4.69, 9.17) is 0 Å². The van der Waals surface area contributed by atoms with Crippen LogP contribution in [0.4, 0.5) is 0 Å². The second-order valence-electron chi connectivity index (χ2n) is 6.02. The summed E-state index contributed by atoms with van der Waals surface area (Å²) in [6.07, 6.45) is 3.55. The van der Waals surface area contributed by atoms with Crippen LogP contribution in [0.25, 0.3) is 0 Å². The molecule has 0 radical (unpaired) electrons. The van der Waals surface area contributed by atoms with Gasteiger partial charge in [0, 0.05) is 19.3 Å². The van der Waals surface area contributed by atoms with Crippen LogP contribution in [-0.4, -0.2) is 22.3 Å². The largest absolute Gasteiger partial charge is 0.333 e. The minimum atomic E-state index is -0.0162. The Bertz CT molecular complexity index is 773.